The van der Waals surface area contributed by atoms with Crippen molar-refractivity contribution < 1.29 is 14.3 Å². The van der Waals surface area contributed by atoms with Crippen molar-refractivity contribution in [1.29, 1.82) is 0 Å². The molecule has 0 saturated carbocycles. The van der Waals surface area contributed by atoms with Gasteiger partial charge in [0.1, 0.15) is 11.8 Å². The number of hydrogen-bond acceptors (Lipinski definition) is 3. The molecule has 1 N–H and O–H groups in total. The van der Waals surface area contributed by atoms with Crippen molar-refractivity contribution in [2.24, 2.45) is 0 Å². The monoisotopic (exact) mass is 472 g/mol. The maximum absolute atomic E-state index is 13.6. The Labute approximate surface area is 209 Å². The predicted octanol–water partition coefficient (Wildman–Crippen LogP) is 5.16. The highest BCUT2D eigenvalue weighted by atomic mass is 16.5. The van der Waals surface area contributed by atoms with Gasteiger partial charge < -0.3 is 15.0 Å². The lowest BCUT2D eigenvalue weighted by molar-refractivity contribution is -0.142. The first kappa shape index (κ1) is 26.0. The highest BCUT2D eigenvalue weighted by Gasteiger charge is 2.30. The number of aryl methyl sites for hydroxylation is 3. The van der Waals surface area contributed by atoms with Crippen molar-refractivity contribution in [3.63, 3.8) is 0 Å². The summed E-state index contributed by atoms with van der Waals surface area (Å²) in [4.78, 5) is 28.6. The predicted molar refractivity (Wildman–Crippen MR) is 140 cm³/mol. The number of carbonyl (C=O) groups excluding carboxylic acids is 2. The summed E-state index contributed by atoms with van der Waals surface area (Å²) < 4.78 is 5.92. The second-order valence-electron chi connectivity index (χ2n) is 9.06. The Bertz CT molecular complexity index is 1110. The third-order valence-electron chi connectivity index (χ3n) is 5.98. The lowest BCUT2D eigenvalue weighted by Gasteiger charge is -2.32. The van der Waals surface area contributed by atoms with Gasteiger partial charge in [-0.05, 0) is 67.1 Å². The molecule has 184 valence electrons. The maximum atomic E-state index is 13.6. The lowest BCUT2D eigenvalue weighted by atomic mass is 10.0. The lowest BCUT2D eigenvalue weighted by Crippen LogP contribution is -2.51. The van der Waals surface area contributed by atoms with Gasteiger partial charge in [-0.1, -0.05) is 67.6 Å². The standard InChI is InChI=1S/C30H36N2O3/c1-5-15-31-30(34)28(19-25-12-7-6-8-13-25)32(20-26-14-10-9-11-24(26)4)29(33)21-35-27-17-22(2)16-23(3)18-27/h6-14,16-18,28H,5,15,19-21H2,1-4H3,(H,31,34). The molecule has 5 heteroatoms. The van der Waals surface area contributed by atoms with Crippen molar-refractivity contribution in [2.75, 3.05) is 13.2 Å². The first-order valence-corrected chi connectivity index (χ1v) is 12.2. The Balaban J connectivity index is 1.91. The molecule has 1 unspecified atom stereocenters. The Hall–Kier alpha value is -3.60. The Morgan fingerprint density at radius 2 is 1.57 bits per heavy atom. The van der Waals surface area contributed by atoms with E-state index in [1.54, 1.807) is 4.90 Å². The molecular weight excluding hydrogens is 436 g/mol. The van der Waals surface area contributed by atoms with Gasteiger partial charge >= 0.3 is 0 Å². The Morgan fingerprint density at radius 1 is 0.914 bits per heavy atom. The van der Waals surface area contributed by atoms with E-state index in [-0.39, 0.29) is 18.4 Å². The van der Waals surface area contributed by atoms with Gasteiger partial charge in [-0.3, -0.25) is 9.59 Å². The molecule has 0 spiro atoms. The zero-order valence-electron chi connectivity index (χ0n) is 21.2. The number of hydrogen-bond donors (Lipinski definition) is 1. The Morgan fingerprint density at radius 3 is 2.23 bits per heavy atom. The summed E-state index contributed by atoms with van der Waals surface area (Å²) in [6.45, 7) is 8.80. The van der Waals surface area contributed by atoms with Crippen LogP contribution in [0.15, 0.2) is 72.8 Å². The SMILES string of the molecule is CCCNC(=O)C(Cc1ccccc1)N(Cc1ccccc1C)C(=O)COc1cc(C)cc(C)c1. The molecule has 0 saturated heterocycles. The van der Waals surface area contributed by atoms with Crippen LogP contribution >= 0.6 is 0 Å². The van der Waals surface area contributed by atoms with Crippen LogP contribution in [0.4, 0.5) is 0 Å². The van der Waals surface area contributed by atoms with Gasteiger partial charge in [0.05, 0.1) is 0 Å². The molecule has 0 aliphatic rings. The normalized spacial score (nSPS) is 11.5. The average Bonchev–Trinajstić information content (AvgIpc) is 2.84. The molecule has 35 heavy (non-hydrogen) atoms. The highest BCUT2D eigenvalue weighted by molar-refractivity contribution is 5.88. The smallest absolute Gasteiger partial charge is 0.261 e. The fourth-order valence-corrected chi connectivity index (χ4v) is 4.14. The van der Waals surface area contributed by atoms with Crippen LogP contribution in [0.5, 0.6) is 5.75 Å². The largest absolute Gasteiger partial charge is 0.484 e. The molecule has 0 aliphatic heterocycles. The molecule has 5 nitrogen and oxygen atoms in total. The van der Waals surface area contributed by atoms with E-state index in [2.05, 4.69) is 11.4 Å². The number of benzene rings is 3. The van der Waals surface area contributed by atoms with Crippen LogP contribution < -0.4 is 10.1 Å². The molecule has 0 radical (unpaired) electrons. The van der Waals surface area contributed by atoms with E-state index in [4.69, 9.17) is 4.74 Å². The van der Waals surface area contributed by atoms with Crippen LogP contribution in [0, 0.1) is 20.8 Å². The van der Waals surface area contributed by atoms with Crippen LogP contribution in [-0.2, 0) is 22.6 Å². The summed E-state index contributed by atoms with van der Waals surface area (Å²) >= 11 is 0. The minimum atomic E-state index is -0.654. The molecule has 0 heterocycles. The number of carbonyl (C=O) groups is 2. The van der Waals surface area contributed by atoms with E-state index >= 15 is 0 Å². The molecule has 0 aliphatic carbocycles. The number of amides is 2. The van der Waals surface area contributed by atoms with Gasteiger partial charge in [0.15, 0.2) is 6.61 Å². The maximum Gasteiger partial charge on any atom is 0.261 e. The molecule has 3 rings (SSSR count). The van der Waals surface area contributed by atoms with Gasteiger partial charge in [0, 0.05) is 19.5 Å². The molecule has 0 fully saturated rings. The minimum Gasteiger partial charge on any atom is -0.484 e. The van der Waals surface area contributed by atoms with Crippen LogP contribution in [0.1, 0.15) is 41.2 Å². The van der Waals surface area contributed by atoms with E-state index in [1.165, 1.54) is 0 Å². The molecule has 0 bridgehead atoms. The molecule has 1 atom stereocenters. The summed E-state index contributed by atoms with van der Waals surface area (Å²) in [5, 5.41) is 3.00. The third kappa shape index (κ3) is 7.71. The summed E-state index contributed by atoms with van der Waals surface area (Å²) in [6, 6.07) is 23.0. The van der Waals surface area contributed by atoms with Gasteiger partial charge in [-0.15, -0.1) is 0 Å². The first-order chi connectivity index (χ1) is 16.9. The summed E-state index contributed by atoms with van der Waals surface area (Å²) in [5.41, 5.74) is 5.23. The Kier molecular flexibility index (Phi) is 9.47. The number of nitrogens with zero attached hydrogens (tertiary/aromatic N) is 1. The van der Waals surface area contributed by atoms with Gasteiger partial charge in [-0.2, -0.15) is 0 Å². The molecule has 3 aromatic carbocycles. The average molecular weight is 473 g/mol. The molecule has 0 aromatic heterocycles. The summed E-state index contributed by atoms with van der Waals surface area (Å²) in [5.74, 6) is 0.283. The highest BCUT2D eigenvalue weighted by Crippen LogP contribution is 2.19. The van der Waals surface area contributed by atoms with Gasteiger partial charge in [0.2, 0.25) is 5.91 Å². The fourth-order valence-electron chi connectivity index (χ4n) is 4.14. The third-order valence-corrected chi connectivity index (χ3v) is 5.98. The minimum absolute atomic E-state index is 0.138. The van der Waals surface area contributed by atoms with E-state index in [0.717, 1.165) is 34.2 Å². The van der Waals surface area contributed by atoms with Gasteiger partial charge in [-0.25, -0.2) is 0 Å². The zero-order chi connectivity index (χ0) is 25.2. The summed E-state index contributed by atoms with van der Waals surface area (Å²) in [6.07, 6.45) is 1.25. The molecule has 3 aromatic rings. The van der Waals surface area contributed by atoms with Crippen molar-refractivity contribution in [3.05, 3.63) is 101 Å². The second-order valence-corrected chi connectivity index (χ2v) is 9.06. The molecular formula is C30H36N2O3. The van der Waals surface area contributed by atoms with Crippen molar-refractivity contribution >= 4 is 11.8 Å². The number of nitrogens with one attached hydrogen (secondary N) is 1. The van der Waals surface area contributed by atoms with Crippen LogP contribution in [0.3, 0.4) is 0 Å². The quantitative estimate of drug-likeness (QED) is 0.420. The van der Waals surface area contributed by atoms with E-state index in [9.17, 15) is 9.59 Å². The van der Waals surface area contributed by atoms with Crippen LogP contribution in [-0.4, -0.2) is 35.9 Å². The van der Waals surface area contributed by atoms with Crippen molar-refractivity contribution in [2.45, 2.75) is 53.1 Å². The van der Waals surface area contributed by atoms with Crippen molar-refractivity contribution in [1.82, 2.24) is 10.2 Å². The zero-order valence-corrected chi connectivity index (χ0v) is 21.2. The van der Waals surface area contributed by atoms with Gasteiger partial charge in [0.25, 0.3) is 5.91 Å². The van der Waals surface area contributed by atoms with E-state index in [1.807, 2.05) is 94.4 Å². The summed E-state index contributed by atoms with van der Waals surface area (Å²) in [7, 11) is 0. The number of ether oxygens (including phenoxy) is 1. The van der Waals surface area contributed by atoms with E-state index in [0.29, 0.717) is 25.3 Å². The van der Waals surface area contributed by atoms with E-state index < -0.39 is 6.04 Å². The fraction of sp³-hybridized carbons (Fsp3) is 0.333. The topological polar surface area (TPSA) is 58.6 Å². The van der Waals surface area contributed by atoms with Crippen molar-refractivity contribution in [3.8, 4) is 5.75 Å². The first-order valence-electron chi connectivity index (χ1n) is 12.2. The van der Waals surface area contributed by atoms with Crippen LogP contribution in [0.2, 0.25) is 0 Å². The molecule has 2 amide bonds. The van der Waals surface area contributed by atoms with Crippen LogP contribution in [0.25, 0.3) is 0 Å². The second kappa shape index (κ2) is 12.7. The number of rotatable bonds is 11.